The highest BCUT2D eigenvalue weighted by Crippen LogP contribution is 2.36. The van der Waals surface area contributed by atoms with Crippen molar-refractivity contribution in [3.63, 3.8) is 0 Å². The zero-order valence-corrected chi connectivity index (χ0v) is 27.5. The van der Waals surface area contributed by atoms with Crippen LogP contribution in [-0.2, 0) is 27.4 Å². The van der Waals surface area contributed by atoms with E-state index in [2.05, 4.69) is 71.4 Å². The van der Waals surface area contributed by atoms with Gasteiger partial charge >= 0.3 is 6.09 Å². The van der Waals surface area contributed by atoms with Gasteiger partial charge in [-0.15, -0.1) is 0 Å². The van der Waals surface area contributed by atoms with Gasteiger partial charge in [-0.2, -0.15) is 0 Å². The minimum Gasteiger partial charge on any atom is -0.444 e. The third-order valence-corrected chi connectivity index (χ3v) is 8.71. The van der Waals surface area contributed by atoms with Gasteiger partial charge in [-0.25, -0.2) is 4.79 Å². The maximum atomic E-state index is 14.8. The molecule has 2 heterocycles. The first-order chi connectivity index (χ1) is 22.2. The molecular formula is C39H45N3O4. The normalized spacial score (nSPS) is 15.3. The zero-order chi connectivity index (χ0) is 32.3. The van der Waals surface area contributed by atoms with Crippen molar-refractivity contribution in [3.8, 4) is 11.1 Å². The van der Waals surface area contributed by atoms with Crippen molar-refractivity contribution in [3.05, 3.63) is 102 Å². The maximum absolute atomic E-state index is 14.8. The predicted octanol–water partition coefficient (Wildman–Crippen LogP) is 7.93. The van der Waals surface area contributed by atoms with Crippen LogP contribution < -0.4 is 0 Å². The molecule has 240 valence electrons. The summed E-state index contributed by atoms with van der Waals surface area (Å²) in [5.41, 5.74) is 6.59. The van der Waals surface area contributed by atoms with Gasteiger partial charge in [-0.05, 0) is 86.9 Å². The Bertz CT molecular complexity index is 1730. The van der Waals surface area contributed by atoms with E-state index in [0.29, 0.717) is 38.3 Å². The number of rotatable bonds is 10. The molecule has 0 unspecified atom stereocenters. The average Bonchev–Trinajstić information content (AvgIpc) is 3.85. The summed E-state index contributed by atoms with van der Waals surface area (Å²) in [4.78, 5) is 31.8. The number of aromatic nitrogens is 1. The molecule has 0 radical (unpaired) electrons. The lowest BCUT2D eigenvalue weighted by Crippen LogP contribution is -2.44. The SMILES string of the molecule is CCOCCn1cc(CN(C(=O)C2=C(c3cccc(-c4ccccc4)c3)CCN(C(=O)OC(C)(C)C)C2)C2CC2)c2ccccc21. The number of ether oxygens (including phenoxy) is 2. The van der Waals surface area contributed by atoms with E-state index in [4.69, 9.17) is 9.47 Å². The fourth-order valence-electron chi connectivity index (χ4n) is 6.33. The first kappa shape index (κ1) is 31.6. The molecule has 7 nitrogen and oxygen atoms in total. The van der Waals surface area contributed by atoms with Gasteiger partial charge in [-0.3, -0.25) is 4.79 Å². The minimum atomic E-state index is -0.619. The van der Waals surface area contributed by atoms with Crippen LogP contribution in [0, 0.1) is 0 Å². The summed E-state index contributed by atoms with van der Waals surface area (Å²) in [6.45, 7) is 10.9. The summed E-state index contributed by atoms with van der Waals surface area (Å²) >= 11 is 0. The number of benzene rings is 3. The molecule has 0 saturated heterocycles. The number of para-hydroxylation sites is 1. The van der Waals surface area contributed by atoms with Crippen molar-refractivity contribution in [1.82, 2.24) is 14.4 Å². The smallest absolute Gasteiger partial charge is 0.410 e. The first-order valence-corrected chi connectivity index (χ1v) is 16.5. The van der Waals surface area contributed by atoms with E-state index in [-0.39, 0.29) is 24.6 Å². The summed E-state index contributed by atoms with van der Waals surface area (Å²) < 4.78 is 13.7. The quantitative estimate of drug-likeness (QED) is 0.169. The molecule has 46 heavy (non-hydrogen) atoms. The van der Waals surface area contributed by atoms with Gasteiger partial charge in [0.25, 0.3) is 5.91 Å². The Labute approximate surface area is 272 Å². The van der Waals surface area contributed by atoms with E-state index in [0.717, 1.165) is 58.1 Å². The zero-order valence-electron chi connectivity index (χ0n) is 27.5. The van der Waals surface area contributed by atoms with Gasteiger partial charge in [0, 0.05) is 55.0 Å². The van der Waals surface area contributed by atoms with Gasteiger partial charge in [0.15, 0.2) is 0 Å². The lowest BCUT2D eigenvalue weighted by molar-refractivity contribution is -0.128. The maximum Gasteiger partial charge on any atom is 0.410 e. The molecule has 1 saturated carbocycles. The molecular weight excluding hydrogens is 574 g/mol. The Morgan fingerprint density at radius 1 is 0.913 bits per heavy atom. The van der Waals surface area contributed by atoms with E-state index in [9.17, 15) is 9.59 Å². The third-order valence-electron chi connectivity index (χ3n) is 8.71. The second kappa shape index (κ2) is 13.6. The Morgan fingerprint density at radius 2 is 1.63 bits per heavy atom. The summed E-state index contributed by atoms with van der Waals surface area (Å²) in [7, 11) is 0. The number of hydrogen-bond donors (Lipinski definition) is 0. The topological polar surface area (TPSA) is 64.0 Å². The van der Waals surface area contributed by atoms with Crippen molar-refractivity contribution < 1.29 is 19.1 Å². The Hall–Kier alpha value is -4.36. The van der Waals surface area contributed by atoms with Crippen LogP contribution in [0.2, 0.25) is 0 Å². The van der Waals surface area contributed by atoms with Crippen molar-refractivity contribution >= 4 is 28.5 Å². The second-order valence-corrected chi connectivity index (χ2v) is 13.3. The van der Waals surface area contributed by atoms with Gasteiger partial charge in [0.2, 0.25) is 0 Å². The molecule has 1 fully saturated rings. The third kappa shape index (κ3) is 7.20. The van der Waals surface area contributed by atoms with E-state index in [1.165, 1.54) is 0 Å². The van der Waals surface area contributed by atoms with Crippen molar-refractivity contribution in [2.75, 3.05) is 26.3 Å². The number of carbonyl (C=O) groups excluding carboxylic acids is 2. The molecule has 0 atom stereocenters. The molecule has 1 aliphatic heterocycles. The molecule has 0 spiro atoms. The van der Waals surface area contributed by atoms with Crippen LogP contribution in [0.5, 0.6) is 0 Å². The van der Waals surface area contributed by atoms with Crippen LogP contribution in [0.15, 0.2) is 90.6 Å². The number of fused-ring (bicyclic) bond motifs is 1. The molecule has 7 heteroatoms. The van der Waals surface area contributed by atoms with E-state index in [1.54, 1.807) is 4.90 Å². The van der Waals surface area contributed by atoms with E-state index < -0.39 is 5.60 Å². The molecule has 1 aliphatic carbocycles. The van der Waals surface area contributed by atoms with Crippen LogP contribution in [0.3, 0.4) is 0 Å². The molecule has 6 rings (SSSR count). The molecule has 1 aromatic heterocycles. The second-order valence-electron chi connectivity index (χ2n) is 13.3. The number of carbonyl (C=O) groups is 2. The van der Waals surface area contributed by atoms with Gasteiger partial charge < -0.3 is 23.8 Å². The fraction of sp³-hybridized carbons (Fsp3) is 0.385. The number of hydrogen-bond acceptors (Lipinski definition) is 4. The summed E-state index contributed by atoms with van der Waals surface area (Å²) in [5, 5.41) is 1.15. The Morgan fingerprint density at radius 3 is 2.37 bits per heavy atom. The van der Waals surface area contributed by atoms with Crippen LogP contribution >= 0.6 is 0 Å². The summed E-state index contributed by atoms with van der Waals surface area (Å²) in [6.07, 6.45) is 4.34. The number of nitrogens with zero attached hydrogens (tertiary/aromatic N) is 3. The molecule has 4 aromatic rings. The largest absolute Gasteiger partial charge is 0.444 e. The highest BCUT2D eigenvalue weighted by Gasteiger charge is 2.38. The molecule has 0 bridgehead atoms. The van der Waals surface area contributed by atoms with Crippen LogP contribution in [0.25, 0.3) is 27.6 Å². The lowest BCUT2D eigenvalue weighted by Gasteiger charge is -2.34. The van der Waals surface area contributed by atoms with Crippen molar-refractivity contribution in [2.24, 2.45) is 0 Å². The highest BCUT2D eigenvalue weighted by atomic mass is 16.6. The molecule has 2 aliphatic rings. The van der Waals surface area contributed by atoms with Gasteiger partial charge in [0.05, 0.1) is 13.2 Å². The first-order valence-electron chi connectivity index (χ1n) is 16.5. The highest BCUT2D eigenvalue weighted by molar-refractivity contribution is 6.03. The molecule has 0 N–H and O–H groups in total. The summed E-state index contributed by atoms with van der Waals surface area (Å²) in [5.74, 6) is 0.00187. The minimum absolute atomic E-state index is 0.00187. The van der Waals surface area contributed by atoms with Crippen molar-refractivity contribution in [2.45, 2.75) is 71.7 Å². The Kier molecular flexibility index (Phi) is 9.32. The summed E-state index contributed by atoms with van der Waals surface area (Å²) in [6, 6.07) is 27.3. The molecule has 3 aromatic carbocycles. The molecule has 2 amide bonds. The van der Waals surface area contributed by atoms with Crippen LogP contribution in [0.1, 0.15) is 58.1 Å². The Balaban J connectivity index is 1.37. The lowest BCUT2D eigenvalue weighted by atomic mass is 9.90. The predicted molar refractivity (Wildman–Crippen MR) is 183 cm³/mol. The monoisotopic (exact) mass is 619 g/mol. The van der Waals surface area contributed by atoms with Crippen molar-refractivity contribution in [1.29, 1.82) is 0 Å². The van der Waals surface area contributed by atoms with Crippen LogP contribution in [-0.4, -0.2) is 64.3 Å². The van der Waals surface area contributed by atoms with Crippen LogP contribution in [0.4, 0.5) is 4.79 Å². The van der Waals surface area contributed by atoms with E-state index >= 15 is 0 Å². The van der Waals surface area contributed by atoms with Gasteiger partial charge in [0.1, 0.15) is 5.60 Å². The fourth-order valence-corrected chi connectivity index (χ4v) is 6.33. The van der Waals surface area contributed by atoms with E-state index in [1.807, 2.05) is 50.8 Å². The standard InChI is InChI=1S/C39H45N3O4/c1-5-45-23-22-40-25-31(34-16-9-10-17-36(34)40)26-42(32-18-19-32)37(43)35-27-41(38(44)46-39(2,3)4)21-20-33(35)30-15-11-14-29(24-30)28-12-7-6-8-13-28/h6-17,24-25,32H,5,18-23,26-27H2,1-4H3. The number of amides is 2. The average molecular weight is 620 g/mol. The van der Waals surface area contributed by atoms with Gasteiger partial charge in [-0.1, -0.05) is 66.7 Å².